The van der Waals surface area contributed by atoms with Crippen LogP contribution >= 0.6 is 0 Å². The monoisotopic (exact) mass is 422 g/mol. The van der Waals surface area contributed by atoms with Gasteiger partial charge in [0.2, 0.25) is 5.91 Å². The van der Waals surface area contributed by atoms with Crippen LogP contribution < -0.4 is 9.47 Å². The number of amides is 2. The smallest absolute Gasteiger partial charge is 0.255 e. The molecule has 2 amide bonds. The van der Waals surface area contributed by atoms with Gasteiger partial charge >= 0.3 is 0 Å². The number of carbonyl (C=O) groups is 2. The molecule has 6 heteroatoms. The maximum atomic E-state index is 13.3. The molecule has 1 fully saturated rings. The van der Waals surface area contributed by atoms with Crippen molar-refractivity contribution in [3.63, 3.8) is 0 Å². The highest BCUT2D eigenvalue weighted by Gasteiger charge is 2.35. The number of hydrogen-bond donors (Lipinski definition) is 0. The van der Waals surface area contributed by atoms with E-state index < -0.39 is 0 Å². The highest BCUT2D eigenvalue weighted by atomic mass is 16.5. The standard InChI is InChI=1S/C25H30N2O4/c1-30-22-12-11-18(15-23(22)31-2)21(16-24(28)26-13-7-3-4-8-14-26)27-17-19-9-5-6-10-20(19)25(27)29/h5-6,9-12,15,21H,3-4,7-8,13-14,16-17H2,1-2H3. The van der Waals surface area contributed by atoms with Gasteiger partial charge in [-0.2, -0.15) is 0 Å². The summed E-state index contributed by atoms with van der Waals surface area (Å²) in [5, 5.41) is 0. The maximum absolute atomic E-state index is 13.3. The van der Waals surface area contributed by atoms with Crippen LogP contribution in [0.5, 0.6) is 11.5 Å². The summed E-state index contributed by atoms with van der Waals surface area (Å²) in [5.74, 6) is 1.29. The summed E-state index contributed by atoms with van der Waals surface area (Å²) in [6.07, 6.45) is 4.68. The summed E-state index contributed by atoms with van der Waals surface area (Å²) in [5.41, 5.74) is 2.59. The number of rotatable bonds is 6. The van der Waals surface area contributed by atoms with Crippen LogP contribution in [0.3, 0.4) is 0 Å². The molecule has 2 aromatic rings. The van der Waals surface area contributed by atoms with E-state index in [1.54, 1.807) is 14.2 Å². The Bertz CT molecular complexity index is 950. The number of ether oxygens (including phenoxy) is 2. The summed E-state index contributed by atoms with van der Waals surface area (Å²) < 4.78 is 10.9. The van der Waals surface area contributed by atoms with Gasteiger partial charge in [-0.1, -0.05) is 37.1 Å². The van der Waals surface area contributed by atoms with Crippen molar-refractivity contribution >= 4 is 11.8 Å². The van der Waals surface area contributed by atoms with E-state index in [2.05, 4.69) is 0 Å². The minimum Gasteiger partial charge on any atom is -0.493 e. The average molecular weight is 423 g/mol. The van der Waals surface area contributed by atoms with Crippen molar-refractivity contribution in [2.24, 2.45) is 0 Å². The molecule has 0 saturated carbocycles. The summed E-state index contributed by atoms with van der Waals surface area (Å²) in [7, 11) is 3.19. The van der Waals surface area contributed by atoms with Crippen LogP contribution in [0.1, 0.15) is 59.6 Å². The quantitative estimate of drug-likeness (QED) is 0.700. The third-order valence-corrected chi connectivity index (χ3v) is 6.34. The molecule has 1 unspecified atom stereocenters. The van der Waals surface area contributed by atoms with Crippen LogP contribution in [-0.4, -0.2) is 48.9 Å². The SMILES string of the molecule is COc1ccc(C(CC(=O)N2CCCCCC2)N2Cc3ccccc3C2=O)cc1OC. The number of fused-ring (bicyclic) bond motifs is 1. The van der Waals surface area contributed by atoms with Crippen LogP contribution in [-0.2, 0) is 11.3 Å². The number of hydrogen-bond acceptors (Lipinski definition) is 4. The fourth-order valence-corrected chi connectivity index (χ4v) is 4.61. The third kappa shape index (κ3) is 4.38. The fraction of sp³-hybridized carbons (Fsp3) is 0.440. The second-order valence-electron chi connectivity index (χ2n) is 8.22. The van der Waals surface area contributed by atoms with E-state index in [0.29, 0.717) is 18.0 Å². The zero-order valence-corrected chi connectivity index (χ0v) is 18.3. The third-order valence-electron chi connectivity index (χ3n) is 6.34. The lowest BCUT2D eigenvalue weighted by Crippen LogP contribution is -2.37. The van der Waals surface area contributed by atoms with Crippen molar-refractivity contribution in [2.45, 2.75) is 44.7 Å². The molecule has 2 aliphatic heterocycles. The number of methoxy groups -OCH3 is 2. The Balaban J connectivity index is 1.66. The lowest BCUT2D eigenvalue weighted by molar-refractivity contribution is -0.132. The average Bonchev–Trinajstić information content (AvgIpc) is 2.97. The highest BCUT2D eigenvalue weighted by Crippen LogP contribution is 2.37. The molecule has 164 valence electrons. The van der Waals surface area contributed by atoms with Gasteiger partial charge in [-0.05, 0) is 42.2 Å². The molecule has 0 N–H and O–H groups in total. The Morgan fingerprint density at radius 2 is 1.68 bits per heavy atom. The largest absolute Gasteiger partial charge is 0.493 e. The first-order chi connectivity index (χ1) is 15.1. The Morgan fingerprint density at radius 3 is 2.35 bits per heavy atom. The van der Waals surface area contributed by atoms with Crippen LogP contribution in [0.4, 0.5) is 0 Å². The van der Waals surface area contributed by atoms with Gasteiger partial charge in [0.15, 0.2) is 11.5 Å². The van der Waals surface area contributed by atoms with Crippen LogP contribution in [0, 0.1) is 0 Å². The first-order valence-electron chi connectivity index (χ1n) is 11.0. The molecular weight excluding hydrogens is 392 g/mol. The molecule has 4 rings (SSSR count). The predicted molar refractivity (Wildman–Crippen MR) is 118 cm³/mol. The molecule has 0 aliphatic carbocycles. The number of nitrogens with zero attached hydrogens (tertiary/aromatic N) is 2. The number of likely N-dealkylation sites (tertiary alicyclic amines) is 1. The molecule has 0 aromatic heterocycles. The molecule has 1 saturated heterocycles. The van der Waals surface area contributed by atoms with E-state index >= 15 is 0 Å². The molecule has 2 aromatic carbocycles. The van der Waals surface area contributed by atoms with E-state index in [0.717, 1.165) is 42.6 Å². The van der Waals surface area contributed by atoms with Crippen molar-refractivity contribution in [3.05, 3.63) is 59.2 Å². The minimum atomic E-state index is -0.365. The molecule has 2 heterocycles. The van der Waals surface area contributed by atoms with Gasteiger partial charge in [0, 0.05) is 25.2 Å². The number of carbonyl (C=O) groups excluding carboxylic acids is 2. The minimum absolute atomic E-state index is 0.0287. The first kappa shape index (κ1) is 21.2. The zero-order valence-electron chi connectivity index (χ0n) is 18.3. The zero-order chi connectivity index (χ0) is 21.8. The Hall–Kier alpha value is -3.02. The normalized spacial score (nSPS) is 17.2. The van der Waals surface area contributed by atoms with Crippen molar-refractivity contribution in [2.75, 3.05) is 27.3 Å². The topological polar surface area (TPSA) is 59.1 Å². The molecule has 0 radical (unpaired) electrons. The van der Waals surface area contributed by atoms with Gasteiger partial charge in [0.25, 0.3) is 5.91 Å². The summed E-state index contributed by atoms with van der Waals surface area (Å²) in [6.45, 7) is 2.10. The first-order valence-corrected chi connectivity index (χ1v) is 11.0. The van der Waals surface area contributed by atoms with E-state index in [-0.39, 0.29) is 24.3 Å². The van der Waals surface area contributed by atoms with Crippen molar-refractivity contribution in [1.29, 1.82) is 0 Å². The molecular formula is C25H30N2O4. The van der Waals surface area contributed by atoms with Crippen molar-refractivity contribution < 1.29 is 19.1 Å². The van der Waals surface area contributed by atoms with Gasteiger partial charge in [-0.3, -0.25) is 9.59 Å². The molecule has 0 spiro atoms. The molecule has 0 bridgehead atoms. The van der Waals surface area contributed by atoms with Crippen LogP contribution in [0.2, 0.25) is 0 Å². The van der Waals surface area contributed by atoms with Crippen molar-refractivity contribution in [3.8, 4) is 11.5 Å². The fourth-order valence-electron chi connectivity index (χ4n) is 4.61. The van der Waals surface area contributed by atoms with Gasteiger partial charge in [0.1, 0.15) is 0 Å². The molecule has 1 atom stereocenters. The van der Waals surface area contributed by atoms with Gasteiger partial charge in [-0.25, -0.2) is 0 Å². The van der Waals surface area contributed by atoms with Crippen LogP contribution in [0.25, 0.3) is 0 Å². The summed E-state index contributed by atoms with van der Waals surface area (Å²) in [6, 6.07) is 13.0. The lowest BCUT2D eigenvalue weighted by Gasteiger charge is -2.31. The number of benzene rings is 2. The summed E-state index contributed by atoms with van der Waals surface area (Å²) >= 11 is 0. The molecule has 6 nitrogen and oxygen atoms in total. The Labute approximate surface area is 183 Å². The Kier molecular flexibility index (Phi) is 6.44. The van der Waals surface area contributed by atoms with Gasteiger partial charge < -0.3 is 19.3 Å². The molecule has 31 heavy (non-hydrogen) atoms. The van der Waals surface area contributed by atoms with Gasteiger partial charge in [-0.15, -0.1) is 0 Å². The highest BCUT2D eigenvalue weighted by molar-refractivity contribution is 5.98. The van der Waals surface area contributed by atoms with Crippen LogP contribution in [0.15, 0.2) is 42.5 Å². The molecule has 2 aliphatic rings. The second-order valence-corrected chi connectivity index (χ2v) is 8.22. The Morgan fingerprint density at radius 1 is 0.968 bits per heavy atom. The lowest BCUT2D eigenvalue weighted by atomic mass is 10.00. The summed E-state index contributed by atoms with van der Waals surface area (Å²) in [4.78, 5) is 30.3. The predicted octanol–water partition coefficient (Wildman–Crippen LogP) is 4.19. The van der Waals surface area contributed by atoms with E-state index in [1.165, 1.54) is 12.8 Å². The maximum Gasteiger partial charge on any atom is 0.255 e. The van der Waals surface area contributed by atoms with E-state index in [9.17, 15) is 9.59 Å². The second kappa shape index (κ2) is 9.41. The van der Waals surface area contributed by atoms with E-state index in [1.807, 2.05) is 52.3 Å². The van der Waals surface area contributed by atoms with E-state index in [4.69, 9.17) is 9.47 Å². The van der Waals surface area contributed by atoms with Crippen molar-refractivity contribution in [1.82, 2.24) is 9.80 Å². The van der Waals surface area contributed by atoms with Gasteiger partial charge in [0.05, 0.1) is 26.7 Å².